The van der Waals surface area contributed by atoms with Crippen molar-refractivity contribution in [3.8, 4) is 34.3 Å². The van der Waals surface area contributed by atoms with E-state index >= 15 is 0 Å². The fraction of sp³-hybridized carbons (Fsp3) is 0.286. The number of nitrogen functional groups attached to an aromatic ring is 1. The van der Waals surface area contributed by atoms with Crippen LogP contribution in [0.5, 0.6) is 23.0 Å². The number of aliphatic imine (C=N–C) groups is 1. The summed E-state index contributed by atoms with van der Waals surface area (Å²) in [5.74, 6) is -2.03. The fourth-order valence-corrected chi connectivity index (χ4v) is 4.38. The van der Waals surface area contributed by atoms with E-state index in [-0.39, 0.29) is 51.7 Å². The highest BCUT2D eigenvalue weighted by Crippen LogP contribution is 2.47. The molecular formula is C28H29F3N5O6-. The average Bonchev–Trinajstić information content (AvgIpc) is 3.22. The normalized spacial score (nSPS) is 18.8. The van der Waals surface area contributed by atoms with Gasteiger partial charge in [0.05, 0.1) is 30.6 Å². The first-order valence-electron chi connectivity index (χ1n) is 12.4. The van der Waals surface area contributed by atoms with Gasteiger partial charge in [-0.3, -0.25) is 4.99 Å². The molecule has 1 aliphatic rings. The van der Waals surface area contributed by atoms with E-state index in [1.165, 1.54) is 38.3 Å². The number of alkyl halides is 3. The van der Waals surface area contributed by atoms with Crippen molar-refractivity contribution in [3.63, 3.8) is 0 Å². The van der Waals surface area contributed by atoms with Crippen LogP contribution in [-0.4, -0.2) is 52.6 Å². The van der Waals surface area contributed by atoms with Crippen LogP contribution >= 0.6 is 0 Å². The molecule has 14 heteroatoms. The highest BCUT2D eigenvalue weighted by molar-refractivity contribution is 5.93. The highest BCUT2D eigenvalue weighted by Gasteiger charge is 2.57. The van der Waals surface area contributed by atoms with Crippen LogP contribution in [0.15, 0.2) is 47.1 Å². The molecule has 11 nitrogen and oxygen atoms in total. The number of nitrogens with zero attached hydrogens (tertiary/aromatic N) is 2. The standard InChI is InChI=1S/C28H30F3N5O6/c1-13(32)6-15-7-16(9-20(41-3)22(15)33)25(39)35-11-27(40,28(29,30)31)21-10-17-24(42-12-26(17,2)34)23(36-21)14-4-5-18(37)19(38)8-14/h4-10,37-38,40H,11-12,32-34H2,1-3H3,(H,35,39)/p-1/b13-6-/t26-,27-/m0/s1. The van der Waals surface area contributed by atoms with Crippen LogP contribution in [0.3, 0.4) is 0 Å². The van der Waals surface area contributed by atoms with Crippen LogP contribution in [0.25, 0.3) is 17.3 Å². The summed E-state index contributed by atoms with van der Waals surface area (Å²) in [4.78, 5) is 7.61. The zero-order valence-electron chi connectivity index (χ0n) is 22.8. The smallest absolute Gasteiger partial charge is 0.424 e. The van der Waals surface area contributed by atoms with Crippen molar-refractivity contribution in [3.05, 3.63) is 64.5 Å². The maximum absolute atomic E-state index is 14.6. The molecule has 0 unspecified atom stereocenters. The Morgan fingerprint density at radius 1 is 1.21 bits per heavy atom. The van der Waals surface area contributed by atoms with Gasteiger partial charge < -0.3 is 47.1 Å². The monoisotopic (exact) mass is 588 g/mol. The summed E-state index contributed by atoms with van der Waals surface area (Å²) in [6.45, 7) is 1.51. The van der Waals surface area contributed by atoms with E-state index in [1.807, 2.05) is 0 Å². The van der Waals surface area contributed by atoms with Gasteiger partial charge in [0.15, 0.2) is 17.2 Å². The van der Waals surface area contributed by atoms with Gasteiger partial charge in [0.25, 0.3) is 0 Å². The van der Waals surface area contributed by atoms with Crippen molar-refractivity contribution >= 4 is 17.7 Å². The number of phenolic OH excluding ortho intramolecular Hbond substituents is 2. The van der Waals surface area contributed by atoms with Gasteiger partial charge in [-0.1, -0.05) is 0 Å². The zero-order valence-corrected chi connectivity index (χ0v) is 22.8. The number of anilines is 1. The van der Waals surface area contributed by atoms with Gasteiger partial charge >= 0.3 is 6.18 Å². The van der Waals surface area contributed by atoms with Gasteiger partial charge in [-0.2, -0.15) is 13.2 Å². The van der Waals surface area contributed by atoms with Crippen molar-refractivity contribution in [1.29, 1.82) is 0 Å². The van der Waals surface area contributed by atoms with Crippen molar-refractivity contribution < 1.29 is 43.1 Å². The van der Waals surface area contributed by atoms with E-state index in [2.05, 4.69) is 9.98 Å². The second-order valence-electron chi connectivity index (χ2n) is 10.2. The first-order chi connectivity index (χ1) is 19.5. The Morgan fingerprint density at radius 2 is 1.90 bits per heavy atom. The third kappa shape index (κ3) is 5.45. The van der Waals surface area contributed by atoms with Crippen molar-refractivity contribution in [2.45, 2.75) is 31.2 Å². The van der Waals surface area contributed by atoms with Crippen molar-refractivity contribution in [2.75, 3.05) is 26.0 Å². The quantitative estimate of drug-likeness (QED) is 0.103. The van der Waals surface area contributed by atoms with Gasteiger partial charge in [0, 0.05) is 22.4 Å². The molecule has 0 fully saturated rings. The second-order valence-corrected chi connectivity index (χ2v) is 10.2. The fourth-order valence-electron chi connectivity index (χ4n) is 4.38. The van der Waals surface area contributed by atoms with Gasteiger partial charge in [-0.25, -0.2) is 4.98 Å². The molecule has 2 atom stereocenters. The third-order valence-corrected chi connectivity index (χ3v) is 6.72. The molecule has 0 radical (unpaired) electrons. The molecule has 224 valence electrons. The summed E-state index contributed by atoms with van der Waals surface area (Å²) in [6, 6.07) is 6.92. The first-order valence-corrected chi connectivity index (χ1v) is 12.4. The number of hydrogen-bond acceptors (Lipinski definition) is 11. The predicted molar refractivity (Wildman–Crippen MR) is 147 cm³/mol. The number of methoxy groups -OCH3 is 1. The molecule has 0 amide bonds. The number of rotatable bonds is 7. The number of aliphatic hydroxyl groups is 1. The SMILES string of the molecule is COc1cc(C([O-])=NC[C@](O)(c2cc3c(c(-c4ccc(O)c(O)c4)n2)OC[C@]3(C)N)C(F)(F)F)cc(/C=C(/C)N)c1N. The summed E-state index contributed by atoms with van der Waals surface area (Å²) >= 11 is 0. The van der Waals surface area contributed by atoms with Crippen LogP contribution in [0.4, 0.5) is 18.9 Å². The number of phenols is 2. The Hall–Kier alpha value is -4.69. The highest BCUT2D eigenvalue weighted by atomic mass is 19.4. The van der Waals surface area contributed by atoms with Gasteiger partial charge in [0.2, 0.25) is 5.60 Å². The Bertz CT molecular complexity index is 1600. The second kappa shape index (κ2) is 10.6. The summed E-state index contributed by atoms with van der Waals surface area (Å²) in [6.07, 6.45) is -3.91. The molecular weight excluding hydrogens is 559 g/mol. The van der Waals surface area contributed by atoms with Crippen LogP contribution in [-0.2, 0) is 11.1 Å². The lowest BCUT2D eigenvalue weighted by molar-refractivity contribution is -0.264. The molecule has 2 aromatic carbocycles. The number of pyridine rings is 1. The number of fused-ring (bicyclic) bond motifs is 1. The number of benzene rings is 2. The number of allylic oxidation sites excluding steroid dienone is 1. The molecule has 3 aromatic rings. The minimum Gasteiger partial charge on any atom is -0.858 e. The minimum absolute atomic E-state index is 0.0381. The lowest BCUT2D eigenvalue weighted by Crippen LogP contribution is -2.46. The third-order valence-electron chi connectivity index (χ3n) is 6.72. The Labute approximate surface area is 238 Å². The summed E-state index contributed by atoms with van der Waals surface area (Å²) < 4.78 is 54.5. The predicted octanol–water partition coefficient (Wildman–Crippen LogP) is 2.19. The zero-order chi connectivity index (χ0) is 31.2. The van der Waals surface area contributed by atoms with E-state index in [0.29, 0.717) is 5.70 Å². The molecule has 2 heterocycles. The number of aromatic hydroxyl groups is 2. The summed E-state index contributed by atoms with van der Waals surface area (Å²) in [5, 5.41) is 43.8. The van der Waals surface area contributed by atoms with Crippen molar-refractivity contribution in [1.82, 2.24) is 4.98 Å². The van der Waals surface area contributed by atoms with E-state index in [9.17, 15) is 33.6 Å². The van der Waals surface area contributed by atoms with Crippen LogP contribution in [0.1, 0.15) is 36.2 Å². The maximum Gasteiger partial charge on any atom is 0.424 e. The molecule has 0 spiro atoms. The Morgan fingerprint density at radius 3 is 2.50 bits per heavy atom. The number of hydrogen-bond donors (Lipinski definition) is 6. The summed E-state index contributed by atoms with van der Waals surface area (Å²) in [5.41, 5.74) is 12.7. The number of halogens is 3. The molecule has 0 saturated carbocycles. The van der Waals surface area contributed by atoms with E-state index in [1.54, 1.807) is 6.92 Å². The van der Waals surface area contributed by atoms with E-state index in [4.69, 9.17) is 26.7 Å². The lowest BCUT2D eigenvalue weighted by atomic mass is 9.89. The molecule has 0 aliphatic carbocycles. The summed E-state index contributed by atoms with van der Waals surface area (Å²) in [7, 11) is 1.29. The largest absolute Gasteiger partial charge is 0.858 e. The first kappa shape index (κ1) is 30.3. The molecule has 0 bridgehead atoms. The molecule has 0 saturated heterocycles. The molecule has 42 heavy (non-hydrogen) atoms. The van der Waals surface area contributed by atoms with Crippen LogP contribution in [0.2, 0.25) is 0 Å². The maximum atomic E-state index is 14.6. The number of nitrogens with two attached hydrogens (primary N) is 3. The molecule has 9 N–H and O–H groups in total. The van der Waals surface area contributed by atoms with Crippen LogP contribution < -0.4 is 31.8 Å². The van der Waals surface area contributed by atoms with Crippen molar-refractivity contribution in [2.24, 2.45) is 16.5 Å². The molecule has 1 aliphatic heterocycles. The van der Waals surface area contributed by atoms with Crippen LogP contribution in [0, 0.1) is 0 Å². The van der Waals surface area contributed by atoms with E-state index < -0.39 is 47.0 Å². The average molecular weight is 589 g/mol. The van der Waals surface area contributed by atoms with Gasteiger partial charge in [-0.15, -0.1) is 0 Å². The van der Waals surface area contributed by atoms with Gasteiger partial charge in [0.1, 0.15) is 18.1 Å². The Balaban J connectivity index is 1.87. The van der Waals surface area contributed by atoms with Gasteiger partial charge in [-0.05, 0) is 67.8 Å². The lowest BCUT2D eigenvalue weighted by Gasteiger charge is -2.30. The number of ether oxygens (including phenoxy) is 2. The molecule has 1 aromatic heterocycles. The minimum atomic E-state index is -5.36. The van der Waals surface area contributed by atoms with E-state index in [0.717, 1.165) is 18.2 Å². The number of aromatic nitrogens is 1. The Kier molecular flexibility index (Phi) is 7.65. The topological polar surface area (TPSA) is 206 Å². The molecule has 4 rings (SSSR count).